The lowest BCUT2D eigenvalue weighted by atomic mass is 10.3. The Morgan fingerprint density at radius 3 is 2.86 bits per heavy atom. The van der Waals surface area contributed by atoms with Crippen LogP contribution in [0.15, 0.2) is 32.1 Å². The van der Waals surface area contributed by atoms with Gasteiger partial charge in [0.25, 0.3) is 11.6 Å². The van der Waals surface area contributed by atoms with Crippen molar-refractivity contribution in [2.24, 2.45) is 0 Å². The van der Waals surface area contributed by atoms with Crippen LogP contribution in [0.5, 0.6) is 6.01 Å². The van der Waals surface area contributed by atoms with Gasteiger partial charge in [0.05, 0.1) is 6.61 Å². The lowest BCUT2D eigenvalue weighted by molar-refractivity contribution is 0.313. The third kappa shape index (κ3) is 2.66. The van der Waals surface area contributed by atoms with Crippen LogP contribution in [0.3, 0.4) is 0 Å². The van der Waals surface area contributed by atoms with Crippen molar-refractivity contribution < 1.29 is 9.13 Å². The highest BCUT2D eigenvalue weighted by atomic mass is 79.9. The molecule has 0 aliphatic heterocycles. The molecule has 0 unspecified atom stereocenters. The molecule has 22 heavy (non-hydrogen) atoms. The summed E-state index contributed by atoms with van der Waals surface area (Å²) in [7, 11) is 0. The van der Waals surface area contributed by atoms with Crippen molar-refractivity contribution >= 4 is 42.9 Å². The zero-order valence-electron chi connectivity index (χ0n) is 11.2. The maximum atomic E-state index is 14.2. The van der Waals surface area contributed by atoms with Gasteiger partial charge in [0.15, 0.2) is 11.5 Å². The van der Waals surface area contributed by atoms with Gasteiger partial charge in [0, 0.05) is 15.1 Å². The Labute approximate surface area is 140 Å². The molecule has 2 heterocycles. The first-order valence-electron chi connectivity index (χ1n) is 6.27. The number of H-pyrrole nitrogens is 1. The topological polar surface area (TPSA) is 72.8 Å². The fourth-order valence-electron chi connectivity index (χ4n) is 1.97. The van der Waals surface area contributed by atoms with E-state index in [1.807, 2.05) is 0 Å². The molecular weight excluding hydrogens is 423 g/mol. The molecule has 9 heteroatoms. The molecule has 0 amide bonds. The summed E-state index contributed by atoms with van der Waals surface area (Å²) in [6, 6.07) is 3.09. The van der Waals surface area contributed by atoms with Gasteiger partial charge in [0.1, 0.15) is 11.1 Å². The summed E-state index contributed by atoms with van der Waals surface area (Å²) in [5.74, 6) is -0.490. The van der Waals surface area contributed by atoms with Crippen molar-refractivity contribution in [2.75, 3.05) is 6.61 Å². The van der Waals surface area contributed by atoms with Crippen LogP contribution in [0.4, 0.5) is 4.39 Å². The van der Waals surface area contributed by atoms with Gasteiger partial charge in [-0.3, -0.25) is 9.78 Å². The minimum absolute atomic E-state index is 0.0839. The first-order valence-corrected chi connectivity index (χ1v) is 7.85. The number of nitrogens with zero attached hydrogens (tertiary/aromatic N) is 3. The molecule has 3 aromatic rings. The summed E-state index contributed by atoms with van der Waals surface area (Å²) in [5.41, 5.74) is -0.0201. The Morgan fingerprint density at radius 2 is 2.18 bits per heavy atom. The Hall–Kier alpha value is -1.74. The van der Waals surface area contributed by atoms with E-state index in [-0.39, 0.29) is 22.7 Å². The number of nitrogens with one attached hydrogen (secondary N) is 1. The number of fused-ring (bicyclic) bond motifs is 1. The molecule has 0 fully saturated rings. The molecule has 0 radical (unpaired) electrons. The summed E-state index contributed by atoms with van der Waals surface area (Å²) < 4.78 is 21.7. The molecule has 1 aromatic carbocycles. The van der Waals surface area contributed by atoms with Crippen LogP contribution in [-0.2, 0) is 0 Å². The predicted molar refractivity (Wildman–Crippen MR) is 86.0 cm³/mol. The molecule has 0 atom stereocenters. The van der Waals surface area contributed by atoms with Gasteiger partial charge in [0.2, 0.25) is 0 Å². The van der Waals surface area contributed by atoms with E-state index in [1.54, 1.807) is 13.0 Å². The zero-order chi connectivity index (χ0) is 15.9. The molecule has 0 aliphatic rings. The molecule has 0 bridgehead atoms. The molecule has 0 aliphatic carbocycles. The highest BCUT2D eigenvalue weighted by Gasteiger charge is 2.15. The molecule has 0 saturated heterocycles. The van der Waals surface area contributed by atoms with Gasteiger partial charge in [-0.2, -0.15) is 4.98 Å². The van der Waals surface area contributed by atoms with Gasteiger partial charge < -0.3 is 4.74 Å². The Kier molecular flexibility index (Phi) is 4.00. The highest BCUT2D eigenvalue weighted by Crippen LogP contribution is 2.28. The van der Waals surface area contributed by atoms with Crippen molar-refractivity contribution in [3.8, 4) is 11.7 Å². The van der Waals surface area contributed by atoms with Gasteiger partial charge in [-0.15, -0.1) is 5.10 Å². The maximum absolute atomic E-state index is 14.2. The van der Waals surface area contributed by atoms with Crippen molar-refractivity contribution in [3.05, 3.63) is 43.4 Å². The standard InChI is InChI=1S/C13H9Br2FN4O2/c1-2-22-13-17-11-7(12(21)18-13)5-20(19-11)10-8(15)3-6(14)4-9(10)16/h3-5H,2H2,1H3,(H,17,18,19,21). The van der Waals surface area contributed by atoms with Crippen molar-refractivity contribution in [1.29, 1.82) is 0 Å². The number of ether oxygens (including phenoxy) is 1. The molecule has 3 rings (SSSR count). The van der Waals surface area contributed by atoms with E-state index < -0.39 is 11.4 Å². The Bertz CT molecular complexity index is 899. The minimum atomic E-state index is -0.490. The van der Waals surface area contributed by atoms with Gasteiger partial charge in [-0.05, 0) is 35.0 Å². The first-order chi connectivity index (χ1) is 10.5. The number of aromatic nitrogens is 4. The third-order valence-electron chi connectivity index (χ3n) is 2.86. The van der Waals surface area contributed by atoms with Crippen LogP contribution in [0.2, 0.25) is 0 Å². The van der Waals surface area contributed by atoms with Crippen LogP contribution >= 0.6 is 31.9 Å². The first kappa shape index (κ1) is 15.2. The van der Waals surface area contributed by atoms with Crippen LogP contribution < -0.4 is 10.3 Å². The quantitative estimate of drug-likeness (QED) is 0.691. The smallest absolute Gasteiger partial charge is 0.298 e. The van der Waals surface area contributed by atoms with Gasteiger partial charge >= 0.3 is 0 Å². The molecule has 114 valence electrons. The van der Waals surface area contributed by atoms with Crippen LogP contribution in [0.25, 0.3) is 16.7 Å². The van der Waals surface area contributed by atoms with Gasteiger partial charge in [-0.1, -0.05) is 15.9 Å². The molecular formula is C13H9Br2FN4O2. The fourth-order valence-corrected chi connectivity index (χ4v) is 3.32. The molecule has 1 N–H and O–H groups in total. The lowest BCUT2D eigenvalue weighted by Crippen LogP contribution is -2.09. The maximum Gasteiger partial charge on any atom is 0.298 e. The second-order valence-corrected chi connectivity index (χ2v) is 6.10. The van der Waals surface area contributed by atoms with E-state index in [1.165, 1.54) is 16.9 Å². The van der Waals surface area contributed by atoms with Crippen LogP contribution in [0.1, 0.15) is 6.92 Å². The van der Waals surface area contributed by atoms with Crippen molar-refractivity contribution in [3.63, 3.8) is 0 Å². The van der Waals surface area contributed by atoms with E-state index in [2.05, 4.69) is 46.9 Å². The average molecular weight is 432 g/mol. The third-order valence-corrected chi connectivity index (χ3v) is 3.92. The summed E-state index contributed by atoms with van der Waals surface area (Å²) in [6.45, 7) is 2.14. The highest BCUT2D eigenvalue weighted by molar-refractivity contribution is 9.11. The second kappa shape index (κ2) is 5.81. The summed E-state index contributed by atoms with van der Waals surface area (Å²) in [4.78, 5) is 18.6. The Balaban J connectivity index is 2.21. The number of rotatable bonds is 3. The monoisotopic (exact) mass is 430 g/mol. The molecule has 6 nitrogen and oxygen atoms in total. The Morgan fingerprint density at radius 1 is 1.41 bits per heavy atom. The predicted octanol–water partition coefficient (Wildman–Crippen LogP) is 3.17. The summed E-state index contributed by atoms with van der Waals surface area (Å²) in [6.07, 6.45) is 1.42. The summed E-state index contributed by atoms with van der Waals surface area (Å²) >= 11 is 6.50. The van der Waals surface area contributed by atoms with Crippen LogP contribution in [0, 0.1) is 5.82 Å². The van der Waals surface area contributed by atoms with Crippen molar-refractivity contribution in [2.45, 2.75) is 6.92 Å². The van der Waals surface area contributed by atoms with E-state index in [9.17, 15) is 9.18 Å². The molecule has 2 aromatic heterocycles. The molecule has 0 spiro atoms. The number of hydrogen-bond acceptors (Lipinski definition) is 4. The molecule has 0 saturated carbocycles. The van der Waals surface area contributed by atoms with Gasteiger partial charge in [-0.25, -0.2) is 9.07 Å². The van der Waals surface area contributed by atoms with Crippen LogP contribution in [-0.4, -0.2) is 26.4 Å². The normalized spacial score (nSPS) is 11.1. The zero-order valence-corrected chi connectivity index (χ0v) is 14.4. The average Bonchev–Trinajstić information content (AvgIpc) is 2.82. The van der Waals surface area contributed by atoms with E-state index in [0.29, 0.717) is 15.6 Å². The minimum Gasteiger partial charge on any atom is -0.465 e. The van der Waals surface area contributed by atoms with Crippen molar-refractivity contribution in [1.82, 2.24) is 19.7 Å². The van der Waals surface area contributed by atoms with E-state index in [4.69, 9.17) is 4.74 Å². The lowest BCUT2D eigenvalue weighted by Gasteiger charge is -2.06. The summed E-state index contributed by atoms with van der Waals surface area (Å²) in [5, 5.41) is 4.41. The number of hydrogen-bond donors (Lipinski definition) is 1. The number of benzene rings is 1. The van der Waals surface area contributed by atoms with E-state index in [0.717, 1.165) is 0 Å². The second-order valence-electron chi connectivity index (χ2n) is 4.33. The SMILES string of the molecule is CCOc1nc2nn(-c3c(F)cc(Br)cc3Br)cc2c(=O)[nH]1. The number of aromatic amines is 1. The fraction of sp³-hybridized carbons (Fsp3) is 0.154. The largest absolute Gasteiger partial charge is 0.465 e. The number of halogens is 3. The van der Waals surface area contributed by atoms with E-state index >= 15 is 0 Å².